The molecule has 6 heteroatoms. The van der Waals surface area contributed by atoms with E-state index < -0.39 is 6.61 Å². The van der Waals surface area contributed by atoms with E-state index in [0.717, 1.165) is 31.6 Å². The fourth-order valence-electron chi connectivity index (χ4n) is 2.82. The van der Waals surface area contributed by atoms with Crippen molar-refractivity contribution in [2.45, 2.75) is 19.5 Å². The largest absolute Gasteiger partial charge is 0.435 e. The summed E-state index contributed by atoms with van der Waals surface area (Å²) < 4.78 is 28.9. The summed E-state index contributed by atoms with van der Waals surface area (Å²) in [4.78, 5) is 14.7. The molecule has 24 heavy (non-hydrogen) atoms. The van der Waals surface area contributed by atoms with Crippen molar-refractivity contribution in [2.75, 3.05) is 23.3 Å². The summed E-state index contributed by atoms with van der Waals surface area (Å²) in [5.74, 6) is -0.396. The highest BCUT2D eigenvalue weighted by molar-refractivity contribution is 6.06. The highest BCUT2D eigenvalue weighted by atomic mass is 19.3. The van der Waals surface area contributed by atoms with E-state index in [1.807, 2.05) is 24.3 Å². The van der Waals surface area contributed by atoms with Crippen molar-refractivity contribution < 1.29 is 18.3 Å². The van der Waals surface area contributed by atoms with Crippen LogP contribution < -0.4 is 15.0 Å². The van der Waals surface area contributed by atoms with E-state index in [1.165, 1.54) is 18.2 Å². The van der Waals surface area contributed by atoms with Gasteiger partial charge in [0.05, 0.1) is 11.4 Å². The average molecular weight is 332 g/mol. The maximum Gasteiger partial charge on any atom is 0.387 e. The van der Waals surface area contributed by atoms with Gasteiger partial charge in [-0.2, -0.15) is 8.78 Å². The van der Waals surface area contributed by atoms with Gasteiger partial charge in [-0.3, -0.25) is 4.79 Å². The number of ether oxygens (including phenoxy) is 1. The molecule has 4 nitrogen and oxygen atoms in total. The van der Waals surface area contributed by atoms with Crippen molar-refractivity contribution in [1.82, 2.24) is 0 Å². The molecule has 0 atom stereocenters. The number of benzene rings is 2. The number of carbonyl (C=O) groups excluding carboxylic acids is 1. The maximum absolute atomic E-state index is 12.4. The minimum Gasteiger partial charge on any atom is -0.435 e. The topological polar surface area (TPSA) is 41.6 Å². The zero-order valence-electron chi connectivity index (χ0n) is 13.0. The van der Waals surface area contributed by atoms with Crippen LogP contribution in [0.15, 0.2) is 48.5 Å². The Labute approximate surface area is 139 Å². The minimum absolute atomic E-state index is 0.0366. The van der Waals surface area contributed by atoms with Crippen molar-refractivity contribution in [2.24, 2.45) is 0 Å². The standard InChI is InChI=1S/C18H18F2N2O2/c19-18(20)24-14-7-5-6-13(12-14)17(23)21-15-8-1-2-9-16(15)22-10-3-4-11-22/h1-2,5-9,12,18H,3-4,10-11H2,(H,21,23). The van der Waals surface area contributed by atoms with Crippen LogP contribution in [0.25, 0.3) is 0 Å². The number of nitrogens with one attached hydrogen (secondary N) is 1. The second-order valence-electron chi connectivity index (χ2n) is 5.57. The smallest absolute Gasteiger partial charge is 0.387 e. The van der Waals surface area contributed by atoms with E-state index in [9.17, 15) is 13.6 Å². The number of rotatable bonds is 5. The number of hydrogen-bond acceptors (Lipinski definition) is 3. The Morgan fingerprint density at radius 1 is 1.08 bits per heavy atom. The Bertz CT molecular complexity index is 716. The Kier molecular flexibility index (Phi) is 4.93. The number of halogens is 2. The lowest BCUT2D eigenvalue weighted by Crippen LogP contribution is -2.21. The molecule has 1 fully saturated rings. The molecule has 0 aromatic heterocycles. The van der Waals surface area contributed by atoms with Crippen molar-refractivity contribution in [3.8, 4) is 5.75 Å². The molecule has 1 aliphatic heterocycles. The van der Waals surface area contributed by atoms with Crippen LogP contribution in [0.2, 0.25) is 0 Å². The van der Waals surface area contributed by atoms with Crippen molar-refractivity contribution >= 4 is 17.3 Å². The normalized spacial score (nSPS) is 14.0. The first-order valence-electron chi connectivity index (χ1n) is 7.84. The van der Waals surface area contributed by atoms with Gasteiger partial charge >= 0.3 is 6.61 Å². The van der Waals surface area contributed by atoms with Gasteiger partial charge in [-0.1, -0.05) is 18.2 Å². The fraction of sp³-hybridized carbons (Fsp3) is 0.278. The minimum atomic E-state index is -2.92. The third kappa shape index (κ3) is 3.82. The number of nitrogens with zero attached hydrogens (tertiary/aromatic N) is 1. The van der Waals surface area contributed by atoms with Crippen LogP contribution in [-0.4, -0.2) is 25.6 Å². The third-order valence-corrected chi connectivity index (χ3v) is 3.92. The molecule has 126 valence electrons. The van der Waals surface area contributed by atoms with Crippen LogP contribution in [0.5, 0.6) is 5.75 Å². The molecule has 3 rings (SSSR count). The van der Waals surface area contributed by atoms with Gasteiger partial charge in [-0.25, -0.2) is 0 Å². The van der Waals surface area contributed by atoms with Gasteiger partial charge in [-0.05, 0) is 43.2 Å². The van der Waals surface area contributed by atoms with Crippen molar-refractivity contribution in [1.29, 1.82) is 0 Å². The van der Waals surface area contributed by atoms with E-state index in [1.54, 1.807) is 6.07 Å². The molecule has 1 heterocycles. The van der Waals surface area contributed by atoms with Crippen LogP contribution in [0.4, 0.5) is 20.2 Å². The third-order valence-electron chi connectivity index (χ3n) is 3.92. The number of carbonyl (C=O) groups is 1. The molecular formula is C18H18F2N2O2. The molecule has 0 spiro atoms. The summed E-state index contributed by atoms with van der Waals surface area (Å²) in [5.41, 5.74) is 1.96. The molecule has 2 aromatic carbocycles. The van der Waals surface area contributed by atoms with E-state index >= 15 is 0 Å². The molecule has 0 unspecified atom stereocenters. The van der Waals surface area contributed by atoms with Crippen molar-refractivity contribution in [3.05, 3.63) is 54.1 Å². The van der Waals surface area contributed by atoms with E-state index in [4.69, 9.17) is 0 Å². The zero-order valence-corrected chi connectivity index (χ0v) is 13.0. The Balaban J connectivity index is 1.78. The lowest BCUT2D eigenvalue weighted by molar-refractivity contribution is -0.0498. The van der Waals surface area contributed by atoms with Gasteiger partial charge < -0.3 is 15.0 Å². The second kappa shape index (κ2) is 7.29. The number of alkyl halides is 2. The molecule has 2 aromatic rings. The summed E-state index contributed by atoms with van der Waals surface area (Å²) >= 11 is 0. The Hall–Kier alpha value is -2.63. The van der Waals surface area contributed by atoms with Crippen LogP contribution >= 0.6 is 0 Å². The van der Waals surface area contributed by atoms with Crippen LogP contribution in [0.1, 0.15) is 23.2 Å². The molecule has 0 bridgehead atoms. The molecule has 1 N–H and O–H groups in total. The first-order chi connectivity index (χ1) is 11.6. The highest BCUT2D eigenvalue weighted by Crippen LogP contribution is 2.29. The van der Waals surface area contributed by atoms with Crippen LogP contribution in [0, 0.1) is 0 Å². The SMILES string of the molecule is O=C(Nc1ccccc1N1CCCC1)c1cccc(OC(F)F)c1. The molecule has 0 saturated carbocycles. The molecule has 1 saturated heterocycles. The summed E-state index contributed by atoms with van der Waals surface area (Å²) in [5, 5.41) is 2.86. The van der Waals surface area contributed by atoms with Crippen LogP contribution in [0.3, 0.4) is 0 Å². The lowest BCUT2D eigenvalue weighted by atomic mass is 10.2. The molecule has 1 aliphatic rings. The highest BCUT2D eigenvalue weighted by Gasteiger charge is 2.17. The summed E-state index contributed by atoms with van der Waals surface area (Å²) in [6, 6.07) is 13.4. The van der Waals surface area contributed by atoms with Gasteiger partial charge in [0.15, 0.2) is 0 Å². The monoisotopic (exact) mass is 332 g/mol. The molecular weight excluding hydrogens is 314 g/mol. The van der Waals surface area contributed by atoms with E-state index in [0.29, 0.717) is 5.69 Å². The first kappa shape index (κ1) is 16.2. The molecule has 1 amide bonds. The van der Waals surface area contributed by atoms with Gasteiger partial charge in [-0.15, -0.1) is 0 Å². The Morgan fingerprint density at radius 2 is 1.83 bits per heavy atom. The number of anilines is 2. The van der Waals surface area contributed by atoms with Gasteiger partial charge in [0.2, 0.25) is 0 Å². The maximum atomic E-state index is 12.4. The van der Waals surface area contributed by atoms with Gasteiger partial charge in [0, 0.05) is 18.7 Å². The summed E-state index contributed by atoms with van der Waals surface area (Å²) in [7, 11) is 0. The summed E-state index contributed by atoms with van der Waals surface area (Å²) in [6.07, 6.45) is 2.27. The van der Waals surface area contributed by atoms with Crippen LogP contribution in [-0.2, 0) is 0 Å². The fourth-order valence-corrected chi connectivity index (χ4v) is 2.82. The average Bonchev–Trinajstić information content (AvgIpc) is 3.09. The van der Waals surface area contributed by atoms with E-state index in [-0.39, 0.29) is 17.2 Å². The van der Waals surface area contributed by atoms with Crippen molar-refractivity contribution in [3.63, 3.8) is 0 Å². The molecule has 0 radical (unpaired) electrons. The molecule has 0 aliphatic carbocycles. The second-order valence-corrected chi connectivity index (χ2v) is 5.57. The quantitative estimate of drug-likeness (QED) is 0.895. The Morgan fingerprint density at radius 3 is 2.58 bits per heavy atom. The van der Waals surface area contributed by atoms with E-state index in [2.05, 4.69) is 15.0 Å². The number of hydrogen-bond donors (Lipinski definition) is 1. The predicted molar refractivity (Wildman–Crippen MR) is 88.9 cm³/mol. The van der Waals surface area contributed by atoms with Gasteiger partial charge in [0.25, 0.3) is 5.91 Å². The number of para-hydroxylation sites is 2. The van der Waals surface area contributed by atoms with Gasteiger partial charge in [0.1, 0.15) is 5.75 Å². The lowest BCUT2D eigenvalue weighted by Gasteiger charge is -2.21. The number of amides is 1. The summed E-state index contributed by atoms with van der Waals surface area (Å²) in [6.45, 7) is -0.992. The predicted octanol–water partition coefficient (Wildman–Crippen LogP) is 4.14. The zero-order chi connectivity index (χ0) is 16.9. The first-order valence-corrected chi connectivity index (χ1v) is 7.84.